The van der Waals surface area contributed by atoms with Crippen LogP contribution in [0.3, 0.4) is 0 Å². The summed E-state index contributed by atoms with van der Waals surface area (Å²) in [6.07, 6.45) is -4.58. The largest absolute Gasteiger partial charge is 0.432 e. The number of hydrogen-bond donors (Lipinski definition) is 0. The Balaban J connectivity index is 2.38. The fourth-order valence-electron chi connectivity index (χ4n) is 1.61. The van der Waals surface area contributed by atoms with Crippen LogP contribution in [0.15, 0.2) is 33.8 Å². The average molecular weight is 321 g/mol. The van der Waals surface area contributed by atoms with E-state index in [1.165, 1.54) is 19.1 Å². The number of nitrogens with zero attached hydrogens (tertiary/aromatic N) is 2. The Morgan fingerprint density at radius 2 is 1.83 bits per heavy atom. The molecule has 1 heterocycles. The standard InChI is InChI=1S/C11H8BrF3N2O/c1-6-9(11(13,14)15)16-17(10(6)18)8-4-2-7(12)3-5-8/h2-6H,1H3. The lowest BCUT2D eigenvalue weighted by molar-refractivity contribution is -0.120. The highest BCUT2D eigenvalue weighted by Gasteiger charge is 2.47. The van der Waals surface area contributed by atoms with Crippen molar-refractivity contribution in [2.24, 2.45) is 11.0 Å². The SMILES string of the molecule is CC1C(=O)N(c2ccc(Br)cc2)N=C1C(F)(F)F. The summed E-state index contributed by atoms with van der Waals surface area (Å²) in [5.41, 5.74) is -0.746. The van der Waals surface area contributed by atoms with E-state index in [4.69, 9.17) is 0 Å². The fraction of sp³-hybridized carbons (Fsp3) is 0.273. The third kappa shape index (κ3) is 2.27. The molecule has 0 aliphatic carbocycles. The highest BCUT2D eigenvalue weighted by Crippen LogP contribution is 2.31. The molecule has 7 heteroatoms. The van der Waals surface area contributed by atoms with Crippen molar-refractivity contribution in [1.82, 2.24) is 0 Å². The second-order valence-corrected chi connectivity index (χ2v) is 4.75. The molecule has 2 rings (SSSR count). The van der Waals surface area contributed by atoms with Gasteiger partial charge in [-0.2, -0.15) is 23.3 Å². The molecule has 0 saturated carbocycles. The number of benzene rings is 1. The summed E-state index contributed by atoms with van der Waals surface area (Å²) in [6.45, 7) is 1.20. The highest BCUT2D eigenvalue weighted by atomic mass is 79.9. The number of carbonyl (C=O) groups excluding carboxylic acids is 1. The molecule has 3 nitrogen and oxygen atoms in total. The minimum atomic E-state index is -4.58. The first kappa shape index (κ1) is 13.1. The number of hydrogen-bond acceptors (Lipinski definition) is 2. The lowest BCUT2D eigenvalue weighted by Crippen LogP contribution is -2.31. The summed E-state index contributed by atoms with van der Waals surface area (Å²) in [5.74, 6) is -1.95. The smallest absolute Gasteiger partial charge is 0.272 e. The number of halogens is 4. The van der Waals surface area contributed by atoms with Gasteiger partial charge in [0.2, 0.25) is 0 Å². The van der Waals surface area contributed by atoms with Crippen LogP contribution in [0.25, 0.3) is 0 Å². The predicted octanol–water partition coefficient (Wildman–Crippen LogP) is 3.35. The Morgan fingerprint density at radius 1 is 1.28 bits per heavy atom. The van der Waals surface area contributed by atoms with E-state index < -0.39 is 23.7 Å². The van der Waals surface area contributed by atoms with Gasteiger partial charge in [-0.25, -0.2) is 0 Å². The number of anilines is 1. The van der Waals surface area contributed by atoms with Gasteiger partial charge in [0.1, 0.15) is 0 Å². The summed E-state index contributed by atoms with van der Waals surface area (Å²) in [4.78, 5) is 11.7. The molecule has 1 aromatic carbocycles. The second-order valence-electron chi connectivity index (χ2n) is 3.83. The second kappa shape index (κ2) is 4.38. The van der Waals surface area contributed by atoms with E-state index in [-0.39, 0.29) is 0 Å². The first-order valence-electron chi connectivity index (χ1n) is 5.06. The van der Waals surface area contributed by atoms with E-state index in [9.17, 15) is 18.0 Å². The quantitative estimate of drug-likeness (QED) is 0.781. The number of amides is 1. The topological polar surface area (TPSA) is 32.7 Å². The highest BCUT2D eigenvalue weighted by molar-refractivity contribution is 9.10. The van der Waals surface area contributed by atoms with Gasteiger partial charge >= 0.3 is 6.18 Å². The zero-order valence-electron chi connectivity index (χ0n) is 9.20. The number of alkyl halides is 3. The maximum Gasteiger partial charge on any atom is 0.432 e. The van der Waals surface area contributed by atoms with Gasteiger partial charge in [-0.05, 0) is 31.2 Å². The molecule has 1 amide bonds. The van der Waals surface area contributed by atoms with Crippen LogP contribution in [-0.4, -0.2) is 17.8 Å². The molecule has 0 radical (unpaired) electrons. The van der Waals surface area contributed by atoms with Crippen LogP contribution in [0.4, 0.5) is 18.9 Å². The summed E-state index contributed by atoms with van der Waals surface area (Å²) in [5, 5.41) is 4.17. The maximum absolute atomic E-state index is 12.6. The van der Waals surface area contributed by atoms with Crippen molar-refractivity contribution in [3.8, 4) is 0 Å². The van der Waals surface area contributed by atoms with Crippen LogP contribution in [-0.2, 0) is 4.79 Å². The maximum atomic E-state index is 12.6. The van der Waals surface area contributed by atoms with Gasteiger partial charge in [-0.3, -0.25) is 4.79 Å². The predicted molar refractivity (Wildman–Crippen MR) is 64.3 cm³/mol. The molecule has 0 N–H and O–H groups in total. The van der Waals surface area contributed by atoms with Crippen molar-refractivity contribution >= 4 is 33.2 Å². The zero-order valence-corrected chi connectivity index (χ0v) is 10.8. The summed E-state index contributed by atoms with van der Waals surface area (Å²) >= 11 is 3.21. The van der Waals surface area contributed by atoms with Crippen molar-refractivity contribution in [2.45, 2.75) is 13.1 Å². The van der Waals surface area contributed by atoms with Gasteiger partial charge in [0.25, 0.3) is 5.91 Å². The molecule has 0 saturated heterocycles. The van der Waals surface area contributed by atoms with Crippen molar-refractivity contribution in [3.05, 3.63) is 28.7 Å². The van der Waals surface area contributed by atoms with Crippen molar-refractivity contribution in [2.75, 3.05) is 5.01 Å². The molecule has 0 fully saturated rings. The molecule has 0 spiro atoms. The number of carbonyl (C=O) groups is 1. The third-order valence-corrected chi connectivity index (χ3v) is 3.09. The average Bonchev–Trinajstić information content (AvgIpc) is 2.57. The van der Waals surface area contributed by atoms with Crippen LogP contribution >= 0.6 is 15.9 Å². The van der Waals surface area contributed by atoms with E-state index in [0.29, 0.717) is 5.69 Å². The summed E-state index contributed by atoms with van der Waals surface area (Å²) in [6, 6.07) is 6.32. The van der Waals surface area contributed by atoms with Crippen molar-refractivity contribution in [3.63, 3.8) is 0 Å². The molecule has 1 aromatic rings. The molecule has 1 aliphatic rings. The normalized spacial score (nSPS) is 20.3. The van der Waals surface area contributed by atoms with Crippen LogP contribution in [0.2, 0.25) is 0 Å². The first-order valence-corrected chi connectivity index (χ1v) is 5.85. The first-order chi connectivity index (χ1) is 8.30. The summed E-state index contributed by atoms with van der Waals surface area (Å²) in [7, 11) is 0. The fourth-order valence-corrected chi connectivity index (χ4v) is 1.88. The molecular weight excluding hydrogens is 313 g/mol. The minimum Gasteiger partial charge on any atom is -0.272 e. The Kier molecular flexibility index (Phi) is 3.18. The van der Waals surface area contributed by atoms with Gasteiger partial charge in [0.05, 0.1) is 11.6 Å². The Morgan fingerprint density at radius 3 is 2.28 bits per heavy atom. The van der Waals surface area contributed by atoms with Crippen LogP contribution in [0.5, 0.6) is 0 Å². The molecular formula is C11H8BrF3N2O. The van der Waals surface area contributed by atoms with Gasteiger partial charge in [0.15, 0.2) is 5.71 Å². The van der Waals surface area contributed by atoms with Crippen molar-refractivity contribution in [1.29, 1.82) is 0 Å². The van der Waals surface area contributed by atoms with Gasteiger partial charge < -0.3 is 0 Å². The number of hydrazone groups is 1. The van der Waals surface area contributed by atoms with E-state index in [0.717, 1.165) is 9.48 Å². The molecule has 1 aliphatic heterocycles. The Labute approximate surface area is 109 Å². The lowest BCUT2D eigenvalue weighted by atomic mass is 10.1. The van der Waals surface area contributed by atoms with E-state index in [1.807, 2.05) is 0 Å². The van der Waals surface area contributed by atoms with E-state index in [1.54, 1.807) is 12.1 Å². The lowest BCUT2D eigenvalue weighted by Gasteiger charge is -2.12. The van der Waals surface area contributed by atoms with Gasteiger partial charge in [-0.1, -0.05) is 15.9 Å². The number of rotatable bonds is 1. The van der Waals surface area contributed by atoms with E-state index in [2.05, 4.69) is 21.0 Å². The van der Waals surface area contributed by atoms with Gasteiger partial charge in [-0.15, -0.1) is 0 Å². The molecule has 1 atom stereocenters. The van der Waals surface area contributed by atoms with Crippen molar-refractivity contribution < 1.29 is 18.0 Å². The third-order valence-electron chi connectivity index (χ3n) is 2.56. The van der Waals surface area contributed by atoms with Gasteiger partial charge in [0, 0.05) is 4.47 Å². The molecule has 18 heavy (non-hydrogen) atoms. The molecule has 0 bridgehead atoms. The zero-order chi connectivity index (χ0) is 13.5. The Bertz CT molecular complexity index is 510. The Hall–Kier alpha value is -1.37. The van der Waals surface area contributed by atoms with Crippen LogP contribution in [0.1, 0.15) is 6.92 Å². The van der Waals surface area contributed by atoms with Crippen LogP contribution < -0.4 is 5.01 Å². The minimum absolute atomic E-state index is 0.314. The summed E-state index contributed by atoms with van der Waals surface area (Å²) < 4.78 is 38.6. The van der Waals surface area contributed by atoms with E-state index >= 15 is 0 Å². The monoisotopic (exact) mass is 320 g/mol. The molecule has 1 unspecified atom stereocenters. The molecule has 96 valence electrons. The van der Waals surface area contributed by atoms with Crippen LogP contribution in [0, 0.1) is 5.92 Å². The molecule has 0 aromatic heterocycles.